The molecule has 1 aromatic carbocycles. The lowest BCUT2D eigenvalue weighted by Gasteiger charge is -2.04. The van der Waals surface area contributed by atoms with Crippen molar-refractivity contribution in [2.75, 3.05) is 0 Å². The van der Waals surface area contributed by atoms with E-state index in [-0.39, 0.29) is 11.6 Å². The first-order valence-electron chi connectivity index (χ1n) is 7.04. The number of aromatic nitrogens is 2. The minimum atomic E-state index is 0.0901. The maximum Gasteiger partial charge on any atom is 0.274 e. The van der Waals surface area contributed by atoms with Crippen LogP contribution in [0.4, 0.5) is 0 Å². The quantitative estimate of drug-likeness (QED) is 0.871. The summed E-state index contributed by atoms with van der Waals surface area (Å²) in [7, 11) is 0. The van der Waals surface area contributed by atoms with Crippen molar-refractivity contribution in [1.82, 2.24) is 9.78 Å². The van der Waals surface area contributed by atoms with Gasteiger partial charge in [0.15, 0.2) is 0 Å². The fraction of sp³-hybridized carbons (Fsp3) is 0.438. The van der Waals surface area contributed by atoms with E-state index in [1.54, 1.807) is 4.68 Å². The van der Waals surface area contributed by atoms with Crippen molar-refractivity contribution in [2.45, 2.75) is 46.1 Å². The van der Waals surface area contributed by atoms with Crippen LogP contribution in [0.1, 0.15) is 45.3 Å². The van der Waals surface area contributed by atoms with Crippen molar-refractivity contribution in [3.05, 3.63) is 46.4 Å². The molecule has 0 aliphatic rings. The average molecular weight is 258 g/mol. The van der Waals surface area contributed by atoms with Gasteiger partial charge in [-0.15, -0.1) is 0 Å². The molecule has 102 valence electrons. The lowest BCUT2D eigenvalue weighted by Crippen LogP contribution is -2.19. The molecule has 0 aliphatic heterocycles. The van der Waals surface area contributed by atoms with Crippen molar-refractivity contribution in [1.29, 1.82) is 0 Å². The number of benzene rings is 1. The summed E-state index contributed by atoms with van der Waals surface area (Å²) < 4.78 is 1.73. The normalized spacial score (nSPS) is 11.2. The molecule has 0 saturated heterocycles. The minimum Gasteiger partial charge on any atom is -0.299 e. The van der Waals surface area contributed by atoms with Gasteiger partial charge in [-0.05, 0) is 32.3 Å². The maximum absolute atomic E-state index is 12.5. The van der Waals surface area contributed by atoms with Crippen molar-refractivity contribution >= 4 is 0 Å². The largest absolute Gasteiger partial charge is 0.299 e. The first-order valence-corrected chi connectivity index (χ1v) is 7.04. The van der Waals surface area contributed by atoms with E-state index in [1.807, 2.05) is 44.2 Å². The number of hydrogen-bond donors (Lipinski definition) is 1. The fourth-order valence-corrected chi connectivity index (χ4v) is 2.30. The average Bonchev–Trinajstić information content (AvgIpc) is 2.74. The van der Waals surface area contributed by atoms with Crippen LogP contribution in [-0.4, -0.2) is 9.78 Å². The molecule has 3 nitrogen and oxygen atoms in total. The van der Waals surface area contributed by atoms with E-state index in [9.17, 15) is 4.79 Å². The summed E-state index contributed by atoms with van der Waals surface area (Å²) in [5, 5.41) is 3.29. The standard InChI is InChI=1S/C16H22N2O/c1-4-5-11-14-15(13-9-7-6-8-10-13)16(19)18(17-14)12(2)3/h6-10,12,17H,4-5,11H2,1-3H3. The third kappa shape index (κ3) is 2.80. The van der Waals surface area contributed by atoms with E-state index in [2.05, 4.69) is 12.0 Å². The Kier molecular flexibility index (Phi) is 4.25. The molecule has 0 amide bonds. The van der Waals surface area contributed by atoms with E-state index >= 15 is 0 Å². The summed E-state index contributed by atoms with van der Waals surface area (Å²) in [5.74, 6) is 0. The van der Waals surface area contributed by atoms with Gasteiger partial charge in [-0.3, -0.25) is 9.89 Å². The maximum atomic E-state index is 12.5. The summed E-state index contributed by atoms with van der Waals surface area (Å²) in [4.78, 5) is 12.5. The Labute approximate surface area is 114 Å². The zero-order chi connectivity index (χ0) is 13.8. The van der Waals surface area contributed by atoms with Crippen molar-refractivity contribution in [2.24, 2.45) is 0 Å². The van der Waals surface area contributed by atoms with Crippen LogP contribution >= 0.6 is 0 Å². The van der Waals surface area contributed by atoms with Gasteiger partial charge < -0.3 is 0 Å². The molecule has 0 atom stereocenters. The Morgan fingerprint density at radius 2 is 1.89 bits per heavy atom. The first kappa shape index (κ1) is 13.7. The predicted octanol–water partition coefficient (Wildman–Crippen LogP) is 3.77. The van der Waals surface area contributed by atoms with E-state index < -0.39 is 0 Å². The number of hydrogen-bond acceptors (Lipinski definition) is 1. The van der Waals surface area contributed by atoms with Gasteiger partial charge in [-0.2, -0.15) is 0 Å². The zero-order valence-corrected chi connectivity index (χ0v) is 11.9. The summed E-state index contributed by atoms with van der Waals surface area (Å²) in [6.45, 7) is 6.21. The van der Waals surface area contributed by atoms with Crippen LogP contribution in [0.15, 0.2) is 35.1 Å². The predicted molar refractivity (Wildman–Crippen MR) is 79.5 cm³/mol. The summed E-state index contributed by atoms with van der Waals surface area (Å²) >= 11 is 0. The summed E-state index contributed by atoms with van der Waals surface area (Å²) in [6, 6.07) is 10.1. The van der Waals surface area contributed by atoms with Crippen molar-refractivity contribution < 1.29 is 0 Å². The number of nitrogens with zero attached hydrogens (tertiary/aromatic N) is 1. The lowest BCUT2D eigenvalue weighted by atomic mass is 10.0. The van der Waals surface area contributed by atoms with Gasteiger partial charge in [0.05, 0.1) is 5.56 Å². The molecule has 0 unspecified atom stereocenters. The fourth-order valence-electron chi connectivity index (χ4n) is 2.30. The minimum absolute atomic E-state index is 0.0901. The molecule has 1 N–H and O–H groups in total. The first-order chi connectivity index (χ1) is 9.15. The molecule has 19 heavy (non-hydrogen) atoms. The molecular weight excluding hydrogens is 236 g/mol. The molecule has 0 spiro atoms. The zero-order valence-electron chi connectivity index (χ0n) is 11.9. The van der Waals surface area contributed by atoms with E-state index in [1.165, 1.54) is 0 Å². The molecular formula is C16H22N2O. The number of aryl methyl sites for hydroxylation is 1. The number of unbranched alkanes of at least 4 members (excludes halogenated alkanes) is 1. The van der Waals surface area contributed by atoms with Gasteiger partial charge in [-0.25, -0.2) is 4.68 Å². The molecule has 0 saturated carbocycles. The van der Waals surface area contributed by atoms with Crippen LogP contribution < -0.4 is 5.56 Å². The van der Waals surface area contributed by atoms with E-state index in [4.69, 9.17) is 0 Å². The second-order valence-electron chi connectivity index (χ2n) is 5.20. The van der Waals surface area contributed by atoms with Gasteiger partial charge in [0.1, 0.15) is 0 Å². The summed E-state index contributed by atoms with van der Waals surface area (Å²) in [6.07, 6.45) is 3.15. The molecule has 0 bridgehead atoms. The number of aromatic amines is 1. The van der Waals surface area contributed by atoms with E-state index in [0.717, 1.165) is 36.1 Å². The van der Waals surface area contributed by atoms with Crippen molar-refractivity contribution in [3.8, 4) is 11.1 Å². The molecule has 1 aromatic heterocycles. The van der Waals surface area contributed by atoms with Crippen LogP contribution in [0.2, 0.25) is 0 Å². The van der Waals surface area contributed by atoms with Crippen LogP contribution in [0, 0.1) is 0 Å². The highest BCUT2D eigenvalue weighted by Gasteiger charge is 2.16. The Balaban J connectivity index is 2.53. The van der Waals surface area contributed by atoms with Crippen molar-refractivity contribution in [3.63, 3.8) is 0 Å². The van der Waals surface area contributed by atoms with Crippen LogP contribution in [0.5, 0.6) is 0 Å². The van der Waals surface area contributed by atoms with Crippen LogP contribution in [-0.2, 0) is 6.42 Å². The Morgan fingerprint density at radius 1 is 1.21 bits per heavy atom. The third-order valence-corrected chi connectivity index (χ3v) is 3.35. The third-order valence-electron chi connectivity index (χ3n) is 3.35. The molecule has 0 aliphatic carbocycles. The number of nitrogens with one attached hydrogen (secondary N) is 1. The van der Waals surface area contributed by atoms with Crippen LogP contribution in [0.25, 0.3) is 11.1 Å². The smallest absolute Gasteiger partial charge is 0.274 e. The van der Waals surface area contributed by atoms with Gasteiger partial charge in [0.2, 0.25) is 0 Å². The van der Waals surface area contributed by atoms with E-state index in [0.29, 0.717) is 0 Å². The molecule has 1 heterocycles. The van der Waals surface area contributed by atoms with Gasteiger partial charge in [0.25, 0.3) is 5.56 Å². The van der Waals surface area contributed by atoms with Crippen LogP contribution in [0.3, 0.4) is 0 Å². The molecule has 2 rings (SSSR count). The number of rotatable bonds is 5. The highest BCUT2D eigenvalue weighted by Crippen LogP contribution is 2.21. The highest BCUT2D eigenvalue weighted by molar-refractivity contribution is 5.65. The molecule has 0 fully saturated rings. The van der Waals surface area contributed by atoms with Gasteiger partial charge >= 0.3 is 0 Å². The topological polar surface area (TPSA) is 37.8 Å². The van der Waals surface area contributed by atoms with Gasteiger partial charge in [0, 0.05) is 11.7 Å². The SMILES string of the molecule is CCCCc1[nH]n(C(C)C)c(=O)c1-c1ccccc1. The summed E-state index contributed by atoms with van der Waals surface area (Å²) in [5.41, 5.74) is 3.00. The second kappa shape index (κ2) is 5.91. The lowest BCUT2D eigenvalue weighted by molar-refractivity contribution is 0.510. The Bertz CT molecular complexity index is 579. The monoisotopic (exact) mass is 258 g/mol. The Hall–Kier alpha value is -1.77. The Morgan fingerprint density at radius 3 is 2.47 bits per heavy atom. The number of H-pyrrole nitrogens is 1. The highest BCUT2D eigenvalue weighted by atomic mass is 16.1. The molecule has 2 aromatic rings. The van der Waals surface area contributed by atoms with Gasteiger partial charge in [-0.1, -0.05) is 43.7 Å². The molecule has 3 heteroatoms. The second-order valence-corrected chi connectivity index (χ2v) is 5.20. The molecule has 0 radical (unpaired) electrons.